The molecule has 0 spiro atoms. The third kappa shape index (κ3) is 3.50. The first-order valence-corrected chi connectivity index (χ1v) is 6.70. The Labute approximate surface area is 122 Å². The van der Waals surface area contributed by atoms with Crippen LogP contribution < -0.4 is 5.32 Å². The highest BCUT2D eigenvalue weighted by Gasteiger charge is 2.27. The number of hydrogen-bond donors (Lipinski definition) is 1. The molecule has 7 nitrogen and oxygen atoms in total. The van der Waals surface area contributed by atoms with Crippen LogP contribution in [-0.4, -0.2) is 36.3 Å². The molecule has 0 unspecified atom stereocenters. The van der Waals surface area contributed by atoms with Crippen molar-refractivity contribution in [2.45, 2.75) is 20.4 Å². The number of fused-ring (bicyclic) bond motifs is 1. The highest BCUT2D eigenvalue weighted by atomic mass is 16.6. The first-order valence-electron chi connectivity index (χ1n) is 6.70. The molecule has 0 atom stereocenters. The first-order chi connectivity index (χ1) is 10.2. The van der Waals surface area contributed by atoms with Gasteiger partial charge >= 0.3 is 12.2 Å². The fraction of sp³-hybridized carbons (Fsp3) is 0.357. The molecule has 0 aliphatic carbocycles. The number of carbonyl (C=O) groups excluding carboxylic acids is 2. The van der Waals surface area contributed by atoms with Crippen LogP contribution in [-0.2, 0) is 16.0 Å². The predicted molar refractivity (Wildman–Crippen MR) is 76.3 cm³/mol. The fourth-order valence-electron chi connectivity index (χ4n) is 1.88. The first kappa shape index (κ1) is 14.8. The highest BCUT2D eigenvalue weighted by molar-refractivity contribution is 6.03. The van der Waals surface area contributed by atoms with Gasteiger partial charge in [0.2, 0.25) is 5.96 Å². The molecule has 21 heavy (non-hydrogen) atoms. The van der Waals surface area contributed by atoms with Gasteiger partial charge in [-0.05, 0) is 25.5 Å². The zero-order valence-electron chi connectivity index (χ0n) is 12.0. The Morgan fingerprint density at radius 2 is 1.95 bits per heavy atom. The lowest BCUT2D eigenvalue weighted by Crippen LogP contribution is -2.48. The summed E-state index contributed by atoms with van der Waals surface area (Å²) in [4.78, 5) is 29.1. The van der Waals surface area contributed by atoms with Crippen molar-refractivity contribution in [3.05, 3.63) is 29.8 Å². The average molecular weight is 291 g/mol. The smallest absolute Gasteiger partial charge is 0.416 e. The zero-order chi connectivity index (χ0) is 15.2. The molecular formula is C14H17N3O4. The number of aliphatic imine (C=N–C) groups is 1. The van der Waals surface area contributed by atoms with E-state index in [1.165, 1.54) is 4.90 Å². The maximum Gasteiger partial charge on any atom is 0.416 e. The van der Waals surface area contributed by atoms with E-state index >= 15 is 0 Å². The topological polar surface area (TPSA) is 80.2 Å². The van der Waals surface area contributed by atoms with Crippen molar-refractivity contribution in [2.24, 2.45) is 4.99 Å². The third-order valence-corrected chi connectivity index (χ3v) is 2.78. The summed E-state index contributed by atoms with van der Waals surface area (Å²) in [6.07, 6.45) is -1.23. The van der Waals surface area contributed by atoms with E-state index in [1.807, 2.05) is 24.3 Å². The number of hydrogen-bond acceptors (Lipinski definition) is 5. The molecule has 2 amide bonds. The van der Waals surface area contributed by atoms with E-state index in [4.69, 9.17) is 9.47 Å². The van der Waals surface area contributed by atoms with Crippen LogP contribution in [0.25, 0.3) is 0 Å². The standard InChI is InChI=1S/C14H17N3O4/c1-3-20-13(18)16-12-15-11-8-6-5-7-10(11)9-17(12)14(19)21-4-2/h5-8H,3-4,9H2,1-2H3,(H,15,16,18). The average Bonchev–Trinajstić information content (AvgIpc) is 2.47. The van der Waals surface area contributed by atoms with Crippen molar-refractivity contribution in [3.8, 4) is 0 Å². The van der Waals surface area contributed by atoms with Gasteiger partial charge in [0.15, 0.2) is 0 Å². The third-order valence-electron chi connectivity index (χ3n) is 2.78. The van der Waals surface area contributed by atoms with Gasteiger partial charge in [-0.2, -0.15) is 0 Å². The number of amides is 2. The van der Waals surface area contributed by atoms with Crippen LogP contribution in [0.5, 0.6) is 0 Å². The van der Waals surface area contributed by atoms with Gasteiger partial charge < -0.3 is 9.47 Å². The van der Waals surface area contributed by atoms with Crippen molar-refractivity contribution in [1.82, 2.24) is 10.2 Å². The minimum absolute atomic E-state index is 0.102. The Balaban J connectivity index is 2.27. The van der Waals surface area contributed by atoms with Gasteiger partial charge in [-0.3, -0.25) is 5.32 Å². The van der Waals surface area contributed by atoms with Crippen LogP contribution in [0.2, 0.25) is 0 Å². The number of nitrogens with one attached hydrogen (secondary N) is 1. The fourth-order valence-corrected chi connectivity index (χ4v) is 1.88. The van der Waals surface area contributed by atoms with Gasteiger partial charge in [-0.1, -0.05) is 18.2 Å². The summed E-state index contributed by atoms with van der Waals surface area (Å²) in [5, 5.41) is 2.46. The van der Waals surface area contributed by atoms with Gasteiger partial charge in [0.25, 0.3) is 0 Å². The number of para-hydroxylation sites is 1. The van der Waals surface area contributed by atoms with E-state index in [-0.39, 0.29) is 25.7 Å². The van der Waals surface area contributed by atoms with E-state index in [0.29, 0.717) is 5.69 Å². The SMILES string of the molecule is CCOC(=O)NC1=Nc2ccccc2CN1C(=O)OCC. The summed E-state index contributed by atoms with van der Waals surface area (Å²) in [6.45, 7) is 4.16. The Kier molecular flexibility index (Phi) is 4.76. The maximum atomic E-state index is 12.0. The van der Waals surface area contributed by atoms with Gasteiger partial charge in [-0.15, -0.1) is 0 Å². The molecule has 1 N–H and O–H groups in total. The molecule has 1 heterocycles. The second-order valence-corrected chi connectivity index (χ2v) is 4.19. The quantitative estimate of drug-likeness (QED) is 0.907. The van der Waals surface area contributed by atoms with Crippen molar-refractivity contribution in [1.29, 1.82) is 0 Å². The largest absolute Gasteiger partial charge is 0.450 e. The van der Waals surface area contributed by atoms with Crippen LogP contribution in [0.1, 0.15) is 19.4 Å². The predicted octanol–water partition coefficient (Wildman–Crippen LogP) is 2.39. The summed E-state index contributed by atoms with van der Waals surface area (Å²) in [5.74, 6) is 0.102. The van der Waals surface area contributed by atoms with Crippen molar-refractivity contribution in [2.75, 3.05) is 13.2 Å². The molecule has 0 saturated heterocycles. The molecule has 7 heteroatoms. The minimum Gasteiger partial charge on any atom is -0.450 e. The molecule has 0 radical (unpaired) electrons. The summed E-state index contributed by atoms with van der Waals surface area (Å²) in [5.41, 5.74) is 1.57. The number of rotatable bonds is 2. The van der Waals surface area contributed by atoms with Gasteiger partial charge in [0.05, 0.1) is 25.4 Å². The molecule has 0 fully saturated rings. The van der Waals surface area contributed by atoms with E-state index < -0.39 is 12.2 Å². The highest BCUT2D eigenvalue weighted by Crippen LogP contribution is 2.25. The summed E-state index contributed by atoms with van der Waals surface area (Å²) < 4.78 is 9.79. The van der Waals surface area contributed by atoms with Crippen molar-refractivity contribution >= 4 is 23.8 Å². The molecule has 0 aromatic heterocycles. The summed E-state index contributed by atoms with van der Waals surface area (Å²) >= 11 is 0. The van der Waals surface area contributed by atoms with Crippen molar-refractivity contribution < 1.29 is 19.1 Å². The van der Waals surface area contributed by atoms with Crippen LogP contribution in [0.3, 0.4) is 0 Å². The van der Waals surface area contributed by atoms with E-state index in [2.05, 4.69) is 10.3 Å². The van der Waals surface area contributed by atoms with E-state index in [0.717, 1.165) is 5.56 Å². The Morgan fingerprint density at radius 1 is 1.24 bits per heavy atom. The Hall–Kier alpha value is -2.57. The molecule has 0 bridgehead atoms. The number of nitrogens with zero attached hydrogens (tertiary/aromatic N) is 2. The number of benzene rings is 1. The second-order valence-electron chi connectivity index (χ2n) is 4.19. The lowest BCUT2D eigenvalue weighted by molar-refractivity contribution is 0.124. The lowest BCUT2D eigenvalue weighted by Gasteiger charge is -2.27. The molecule has 1 aliphatic heterocycles. The molecule has 1 aromatic rings. The Morgan fingerprint density at radius 3 is 2.67 bits per heavy atom. The van der Waals surface area contributed by atoms with Crippen LogP contribution in [0.4, 0.5) is 15.3 Å². The normalized spacial score (nSPS) is 13.0. The molecule has 1 aliphatic rings. The van der Waals surface area contributed by atoms with Crippen LogP contribution in [0.15, 0.2) is 29.3 Å². The number of carbonyl (C=O) groups is 2. The Bertz CT molecular complexity index is 571. The van der Waals surface area contributed by atoms with Crippen LogP contribution >= 0.6 is 0 Å². The minimum atomic E-state index is -0.662. The van der Waals surface area contributed by atoms with Crippen LogP contribution in [0, 0.1) is 0 Å². The van der Waals surface area contributed by atoms with Gasteiger partial charge in [0.1, 0.15) is 0 Å². The van der Waals surface area contributed by atoms with E-state index in [1.54, 1.807) is 13.8 Å². The zero-order valence-corrected chi connectivity index (χ0v) is 12.0. The lowest BCUT2D eigenvalue weighted by atomic mass is 10.1. The summed E-state index contributed by atoms with van der Waals surface area (Å²) in [7, 11) is 0. The monoisotopic (exact) mass is 291 g/mol. The maximum absolute atomic E-state index is 12.0. The summed E-state index contributed by atoms with van der Waals surface area (Å²) in [6, 6.07) is 7.38. The number of guanidine groups is 1. The number of alkyl carbamates (subject to hydrolysis) is 1. The van der Waals surface area contributed by atoms with Gasteiger partial charge in [0, 0.05) is 0 Å². The molecule has 112 valence electrons. The molecular weight excluding hydrogens is 274 g/mol. The molecule has 1 aromatic carbocycles. The van der Waals surface area contributed by atoms with Gasteiger partial charge in [-0.25, -0.2) is 19.5 Å². The van der Waals surface area contributed by atoms with E-state index in [9.17, 15) is 9.59 Å². The molecule has 2 rings (SSSR count). The second kappa shape index (κ2) is 6.74. The number of ether oxygens (including phenoxy) is 2. The molecule has 0 saturated carbocycles. The van der Waals surface area contributed by atoms with Crippen molar-refractivity contribution in [3.63, 3.8) is 0 Å².